The van der Waals surface area contributed by atoms with Crippen LogP contribution in [-0.2, 0) is 4.79 Å². The molecule has 0 spiro atoms. The van der Waals surface area contributed by atoms with Crippen molar-refractivity contribution in [1.82, 2.24) is 0 Å². The van der Waals surface area contributed by atoms with Gasteiger partial charge in [0.1, 0.15) is 18.1 Å². The zero-order chi connectivity index (χ0) is 15.7. The fraction of sp³-hybridized carbons (Fsp3) is 0.125. The summed E-state index contributed by atoms with van der Waals surface area (Å²) in [5.41, 5.74) is 2.91. The van der Waals surface area contributed by atoms with Crippen LogP contribution in [0.5, 0.6) is 5.75 Å². The largest absolute Gasteiger partial charge is 0.507 e. The Morgan fingerprint density at radius 2 is 2.09 bits per heavy atom. The van der Waals surface area contributed by atoms with Gasteiger partial charge in [-0.15, -0.1) is 0 Å². The van der Waals surface area contributed by atoms with E-state index in [0.29, 0.717) is 27.4 Å². The quantitative estimate of drug-likeness (QED) is 0.783. The molecule has 0 fully saturated rings. The first kappa shape index (κ1) is 15.1. The first-order chi connectivity index (χ1) is 10.6. The molecule has 0 radical (unpaired) electrons. The molecule has 0 amide bonds. The van der Waals surface area contributed by atoms with E-state index in [-0.39, 0.29) is 5.75 Å². The number of phenols is 1. The van der Waals surface area contributed by atoms with Crippen molar-refractivity contribution >= 4 is 45.2 Å². The monoisotopic (exact) mass is 378 g/mol. The number of benzene rings is 2. The van der Waals surface area contributed by atoms with Crippen LogP contribution < -0.4 is 5.32 Å². The van der Waals surface area contributed by atoms with E-state index in [4.69, 9.17) is 11.6 Å². The summed E-state index contributed by atoms with van der Waals surface area (Å²) >= 11 is 9.60. The number of aromatic hydroxyl groups is 1. The number of nitrogens with one attached hydrogen (secondary N) is 1. The molecule has 1 unspecified atom stereocenters. The number of rotatable bonds is 2. The molecule has 112 valence electrons. The van der Waals surface area contributed by atoms with E-state index in [9.17, 15) is 9.90 Å². The van der Waals surface area contributed by atoms with E-state index in [1.807, 2.05) is 18.2 Å². The van der Waals surface area contributed by atoms with Crippen LogP contribution in [0.15, 0.2) is 45.9 Å². The summed E-state index contributed by atoms with van der Waals surface area (Å²) in [6, 6.07) is 10.3. The van der Waals surface area contributed by atoms with Crippen molar-refractivity contribution in [3.63, 3.8) is 0 Å². The summed E-state index contributed by atoms with van der Waals surface area (Å²) in [5, 5.41) is 13.6. The minimum absolute atomic E-state index is 0.0938. The number of halogens is 2. The Labute approximate surface area is 141 Å². The Bertz CT molecular complexity index is 777. The molecule has 4 nitrogen and oxygen atoms in total. The van der Waals surface area contributed by atoms with E-state index < -0.39 is 6.04 Å². The minimum atomic E-state index is -0.445. The molecule has 0 bridgehead atoms. The highest BCUT2D eigenvalue weighted by atomic mass is 79.9. The van der Waals surface area contributed by atoms with E-state index in [2.05, 4.69) is 26.2 Å². The second kappa shape index (κ2) is 6.10. The Morgan fingerprint density at radius 3 is 2.82 bits per heavy atom. The molecule has 22 heavy (non-hydrogen) atoms. The smallest absolute Gasteiger partial charge is 0.144 e. The number of aliphatic imine (C=N–C) groups is 1. The van der Waals surface area contributed by atoms with Gasteiger partial charge in [0.2, 0.25) is 0 Å². The molecule has 2 aromatic rings. The zero-order valence-corrected chi connectivity index (χ0v) is 13.7. The average molecular weight is 380 g/mol. The van der Waals surface area contributed by atoms with Crippen molar-refractivity contribution in [1.29, 1.82) is 0 Å². The molecule has 1 aliphatic rings. The lowest BCUT2D eigenvalue weighted by atomic mass is 10.0. The lowest BCUT2D eigenvalue weighted by molar-refractivity contribution is -0.108. The molecule has 1 aliphatic heterocycles. The highest BCUT2D eigenvalue weighted by Gasteiger charge is 2.22. The number of hydrogen-bond acceptors (Lipinski definition) is 4. The third kappa shape index (κ3) is 2.74. The van der Waals surface area contributed by atoms with E-state index in [0.717, 1.165) is 17.4 Å². The molecular weight excluding hydrogens is 368 g/mol. The topological polar surface area (TPSA) is 61.7 Å². The number of nitrogens with zero attached hydrogens (tertiary/aromatic N) is 1. The maximum absolute atomic E-state index is 11.2. The molecule has 1 heterocycles. The van der Waals surface area contributed by atoms with Crippen LogP contribution in [0.3, 0.4) is 0 Å². The van der Waals surface area contributed by atoms with Gasteiger partial charge in [0.15, 0.2) is 0 Å². The van der Waals surface area contributed by atoms with Gasteiger partial charge >= 0.3 is 0 Å². The maximum atomic E-state index is 11.2. The zero-order valence-electron chi connectivity index (χ0n) is 11.4. The molecule has 1 atom stereocenters. The lowest BCUT2D eigenvalue weighted by Gasteiger charge is -2.14. The van der Waals surface area contributed by atoms with Crippen molar-refractivity contribution in [2.24, 2.45) is 4.99 Å². The van der Waals surface area contributed by atoms with Crippen LogP contribution in [0.1, 0.15) is 11.1 Å². The molecule has 0 aromatic heterocycles. The summed E-state index contributed by atoms with van der Waals surface area (Å²) in [6.07, 6.45) is 0.807. The number of benzodiazepines with no additional fused rings is 1. The Hall–Kier alpha value is -1.85. The van der Waals surface area contributed by atoms with Crippen molar-refractivity contribution in [3.05, 3.63) is 57.0 Å². The number of fused-ring (bicyclic) bond motifs is 1. The Kier molecular flexibility index (Phi) is 4.18. The maximum Gasteiger partial charge on any atom is 0.144 e. The van der Waals surface area contributed by atoms with Crippen molar-refractivity contribution in [3.8, 4) is 5.75 Å². The predicted octanol–water partition coefficient (Wildman–Crippen LogP) is 3.64. The minimum Gasteiger partial charge on any atom is -0.507 e. The van der Waals surface area contributed by atoms with E-state index in [1.165, 1.54) is 0 Å². The van der Waals surface area contributed by atoms with Crippen molar-refractivity contribution in [2.75, 3.05) is 11.9 Å². The summed E-state index contributed by atoms with van der Waals surface area (Å²) < 4.78 is 0.553. The fourth-order valence-electron chi connectivity index (χ4n) is 2.36. The third-order valence-corrected chi connectivity index (χ3v) is 4.39. The van der Waals surface area contributed by atoms with Gasteiger partial charge in [-0.1, -0.05) is 29.8 Å². The van der Waals surface area contributed by atoms with Gasteiger partial charge in [0.05, 0.1) is 16.7 Å². The number of phenolic OH excluding ortho intramolecular Hbond substituents is 1. The van der Waals surface area contributed by atoms with Gasteiger partial charge in [0.25, 0.3) is 0 Å². The fourth-order valence-corrected chi connectivity index (χ4v) is 2.93. The van der Waals surface area contributed by atoms with Crippen LogP contribution in [0.25, 0.3) is 0 Å². The third-order valence-electron chi connectivity index (χ3n) is 3.42. The number of anilines is 1. The molecule has 2 aromatic carbocycles. The molecular formula is C16H12BrClN2O2. The van der Waals surface area contributed by atoms with E-state index >= 15 is 0 Å². The van der Waals surface area contributed by atoms with Gasteiger partial charge in [-0.05, 0) is 28.1 Å². The van der Waals surface area contributed by atoms with E-state index in [1.54, 1.807) is 18.2 Å². The van der Waals surface area contributed by atoms with Gasteiger partial charge in [0, 0.05) is 27.9 Å². The number of hydrogen-bond donors (Lipinski definition) is 2. The summed E-state index contributed by atoms with van der Waals surface area (Å²) in [6.45, 7) is 0.303. The second-order valence-corrected chi connectivity index (χ2v) is 6.17. The highest BCUT2D eigenvalue weighted by molar-refractivity contribution is 9.10. The number of carbonyl (C=O) groups excluding carboxylic acids is 1. The first-order valence-corrected chi connectivity index (χ1v) is 7.81. The first-order valence-electron chi connectivity index (χ1n) is 6.64. The summed E-state index contributed by atoms with van der Waals surface area (Å²) in [7, 11) is 0. The number of carbonyl (C=O) groups is 1. The van der Waals surface area contributed by atoms with Gasteiger partial charge < -0.3 is 15.2 Å². The SMILES string of the molecule is O=CC1CN=C(c2ccccc2Cl)c2cc(Br)c(O)cc2N1. The molecule has 0 saturated carbocycles. The molecule has 0 aliphatic carbocycles. The van der Waals surface area contributed by atoms with Crippen LogP contribution in [0.4, 0.5) is 5.69 Å². The molecule has 0 saturated heterocycles. The normalized spacial score (nSPS) is 17.0. The summed E-state index contributed by atoms with van der Waals surface area (Å²) in [5.74, 6) is 0.0938. The Morgan fingerprint density at radius 1 is 1.32 bits per heavy atom. The average Bonchev–Trinajstić information content (AvgIpc) is 2.68. The van der Waals surface area contributed by atoms with Crippen LogP contribution >= 0.6 is 27.5 Å². The summed E-state index contributed by atoms with van der Waals surface area (Å²) in [4.78, 5) is 15.7. The molecule has 6 heteroatoms. The molecule has 3 rings (SSSR count). The van der Waals surface area contributed by atoms with Gasteiger partial charge in [-0.3, -0.25) is 4.99 Å². The van der Waals surface area contributed by atoms with Crippen LogP contribution in [0, 0.1) is 0 Å². The standard InChI is InChI=1S/C16H12BrClN2O2/c17-12-5-11-14(6-15(12)22)20-9(8-21)7-19-16(11)10-3-1-2-4-13(10)18/h1-6,8-9,20,22H,7H2. The lowest BCUT2D eigenvalue weighted by Crippen LogP contribution is -2.23. The molecule has 2 N–H and O–H groups in total. The van der Waals surface area contributed by atoms with Crippen LogP contribution in [0.2, 0.25) is 5.02 Å². The highest BCUT2D eigenvalue weighted by Crippen LogP contribution is 2.34. The second-order valence-electron chi connectivity index (χ2n) is 4.91. The van der Waals surface area contributed by atoms with Gasteiger partial charge in [-0.25, -0.2) is 0 Å². The van der Waals surface area contributed by atoms with Crippen molar-refractivity contribution in [2.45, 2.75) is 6.04 Å². The predicted molar refractivity (Wildman–Crippen MR) is 91.2 cm³/mol. The number of aldehydes is 1. The van der Waals surface area contributed by atoms with Crippen LogP contribution in [-0.4, -0.2) is 29.7 Å². The Balaban J connectivity index is 2.22. The van der Waals surface area contributed by atoms with Gasteiger partial charge in [-0.2, -0.15) is 0 Å². The van der Waals surface area contributed by atoms with Crippen molar-refractivity contribution < 1.29 is 9.90 Å².